The quantitative estimate of drug-likeness (QED) is 0.194. The fourth-order valence-corrected chi connectivity index (χ4v) is 5.26. The van der Waals surface area contributed by atoms with Crippen molar-refractivity contribution in [2.24, 2.45) is 0 Å². The van der Waals surface area contributed by atoms with Crippen LogP contribution in [0.3, 0.4) is 0 Å². The summed E-state index contributed by atoms with van der Waals surface area (Å²) in [6.45, 7) is 2.88. The second kappa shape index (κ2) is 12.9. The molecule has 0 atom stereocenters. The number of halogens is 3. The largest absolute Gasteiger partial charge is 0.493 e. The molecule has 1 aromatic heterocycles. The number of nitrogens with zero attached hydrogens (tertiary/aromatic N) is 2. The van der Waals surface area contributed by atoms with Crippen molar-refractivity contribution in [3.63, 3.8) is 0 Å². The summed E-state index contributed by atoms with van der Waals surface area (Å²) in [5.41, 5.74) is 1.17. The first-order valence-electron chi connectivity index (χ1n) is 14.1. The number of aryl methyl sites for hydroxylation is 1. The first-order valence-corrected chi connectivity index (χ1v) is 14.1. The van der Waals surface area contributed by atoms with E-state index in [1.165, 1.54) is 19.2 Å². The molecule has 232 valence electrons. The number of pyridine rings is 1. The number of methoxy groups -OCH3 is 2. The number of benzene rings is 3. The lowest BCUT2D eigenvalue weighted by Crippen LogP contribution is -2.41. The Bertz CT molecular complexity index is 1660. The Labute approximate surface area is 253 Å². The zero-order valence-electron chi connectivity index (χ0n) is 24.8. The summed E-state index contributed by atoms with van der Waals surface area (Å²) in [5.74, 6) is 2.03. The van der Waals surface area contributed by atoms with Gasteiger partial charge in [-0.05, 0) is 68.8 Å². The fraction of sp³-hybridized carbons (Fsp3) is 0.312. The third-order valence-corrected chi connectivity index (χ3v) is 7.68. The van der Waals surface area contributed by atoms with Gasteiger partial charge in [-0.2, -0.15) is 13.2 Å². The van der Waals surface area contributed by atoms with E-state index in [1.807, 2.05) is 14.0 Å². The maximum Gasteiger partial charge on any atom is 0.418 e. The van der Waals surface area contributed by atoms with E-state index < -0.39 is 17.8 Å². The number of aromatic nitrogens is 1. The van der Waals surface area contributed by atoms with Gasteiger partial charge in [0.1, 0.15) is 11.5 Å². The number of ether oxygens (including phenoxy) is 3. The van der Waals surface area contributed by atoms with Crippen LogP contribution in [-0.2, 0) is 6.18 Å². The van der Waals surface area contributed by atoms with Crippen LogP contribution in [0.2, 0.25) is 0 Å². The third kappa shape index (κ3) is 6.75. The molecule has 3 aromatic carbocycles. The third-order valence-electron chi connectivity index (χ3n) is 7.68. The highest BCUT2D eigenvalue weighted by molar-refractivity contribution is 6.00. The molecule has 5 rings (SSSR count). The van der Waals surface area contributed by atoms with Gasteiger partial charge in [0, 0.05) is 59.9 Å². The zero-order chi connectivity index (χ0) is 31.4. The predicted molar refractivity (Wildman–Crippen MR) is 164 cm³/mol. The molecule has 0 aliphatic carbocycles. The number of anilines is 3. The van der Waals surface area contributed by atoms with Gasteiger partial charge in [0.25, 0.3) is 0 Å². The van der Waals surface area contributed by atoms with Crippen molar-refractivity contribution in [3.05, 3.63) is 71.9 Å². The van der Waals surface area contributed by atoms with Crippen molar-refractivity contribution in [3.8, 4) is 23.0 Å². The maximum atomic E-state index is 14.1. The number of carbonyl (C=O) groups is 1. The lowest BCUT2D eigenvalue weighted by molar-refractivity contribution is -0.137. The average molecular weight is 610 g/mol. The van der Waals surface area contributed by atoms with Crippen molar-refractivity contribution >= 4 is 34.0 Å². The molecular weight excluding hydrogens is 575 g/mol. The monoisotopic (exact) mass is 609 g/mol. The SMILES string of the molecule is CNC1CCN(c2ccc(NC(=O)Nc3ccc(C)c(Oc4ccnc5cc(OC)c(OC)cc45)c3)cc2C(F)(F)F)CC1. The first-order chi connectivity index (χ1) is 21.1. The van der Waals surface area contributed by atoms with Crippen LogP contribution in [0.5, 0.6) is 23.0 Å². The number of fused-ring (bicyclic) bond motifs is 1. The number of rotatable bonds is 8. The summed E-state index contributed by atoms with van der Waals surface area (Å²) in [7, 11) is 4.94. The molecule has 9 nitrogen and oxygen atoms in total. The molecule has 2 amide bonds. The van der Waals surface area contributed by atoms with Gasteiger partial charge < -0.3 is 35.1 Å². The van der Waals surface area contributed by atoms with E-state index in [1.54, 1.807) is 54.6 Å². The minimum Gasteiger partial charge on any atom is -0.493 e. The molecule has 0 unspecified atom stereocenters. The summed E-state index contributed by atoms with van der Waals surface area (Å²) >= 11 is 0. The lowest BCUT2D eigenvalue weighted by atomic mass is 10.0. The van der Waals surface area contributed by atoms with E-state index in [2.05, 4.69) is 20.9 Å². The highest BCUT2D eigenvalue weighted by Crippen LogP contribution is 2.40. The standard InChI is InChI=1S/C32H34F3N5O4/c1-19-5-6-22(16-28(19)44-27-9-12-37-25-18-30(43-4)29(42-3)17-23(25)27)39-31(41)38-21-7-8-26(24(15-21)32(33,34)35)40-13-10-20(36-2)11-14-40/h5-9,12,15-18,20,36H,10-11,13-14H2,1-4H3,(H2,38,39,41). The predicted octanol–water partition coefficient (Wildman–Crippen LogP) is 7.20. The maximum absolute atomic E-state index is 14.1. The molecule has 1 fully saturated rings. The summed E-state index contributed by atoms with van der Waals surface area (Å²) in [6, 6.07) is 13.8. The van der Waals surface area contributed by atoms with Crippen molar-refractivity contribution < 1.29 is 32.2 Å². The van der Waals surface area contributed by atoms with E-state index in [0.717, 1.165) is 24.5 Å². The Morgan fingerprint density at radius 1 is 0.886 bits per heavy atom. The summed E-state index contributed by atoms with van der Waals surface area (Å²) in [6.07, 6.45) is -1.48. The molecule has 1 aliphatic heterocycles. The highest BCUT2D eigenvalue weighted by atomic mass is 19.4. The minimum atomic E-state index is -4.58. The Kier molecular flexibility index (Phi) is 9.00. The topological polar surface area (TPSA) is 97.0 Å². The summed E-state index contributed by atoms with van der Waals surface area (Å²) in [5, 5.41) is 9.08. The normalized spacial score (nSPS) is 13.9. The molecule has 2 heterocycles. The Balaban J connectivity index is 1.32. The number of hydrogen-bond acceptors (Lipinski definition) is 7. The van der Waals surface area contributed by atoms with Crippen LogP contribution in [0.4, 0.5) is 35.0 Å². The molecule has 12 heteroatoms. The van der Waals surface area contributed by atoms with E-state index in [-0.39, 0.29) is 17.4 Å². The number of amides is 2. The smallest absolute Gasteiger partial charge is 0.418 e. The number of carbonyl (C=O) groups excluding carboxylic acids is 1. The van der Waals surface area contributed by atoms with E-state index in [9.17, 15) is 18.0 Å². The van der Waals surface area contributed by atoms with Gasteiger partial charge in [-0.3, -0.25) is 4.98 Å². The molecule has 0 saturated carbocycles. The van der Waals surface area contributed by atoms with Gasteiger partial charge in [0.15, 0.2) is 11.5 Å². The van der Waals surface area contributed by atoms with Crippen LogP contribution in [0.1, 0.15) is 24.0 Å². The van der Waals surface area contributed by atoms with Gasteiger partial charge >= 0.3 is 12.2 Å². The summed E-state index contributed by atoms with van der Waals surface area (Å²) < 4.78 is 59.2. The van der Waals surface area contributed by atoms with Crippen molar-refractivity contribution in [1.29, 1.82) is 0 Å². The molecule has 0 radical (unpaired) electrons. The van der Waals surface area contributed by atoms with Crippen LogP contribution in [0.25, 0.3) is 10.9 Å². The van der Waals surface area contributed by atoms with Crippen LogP contribution < -0.4 is 35.1 Å². The van der Waals surface area contributed by atoms with Crippen LogP contribution in [0, 0.1) is 6.92 Å². The number of nitrogens with one attached hydrogen (secondary N) is 3. The molecule has 44 heavy (non-hydrogen) atoms. The molecule has 4 aromatic rings. The van der Waals surface area contributed by atoms with Crippen molar-refractivity contribution in [2.45, 2.75) is 32.0 Å². The first kappa shape index (κ1) is 30.7. The molecule has 3 N–H and O–H groups in total. The molecule has 1 saturated heterocycles. The number of piperidine rings is 1. The van der Waals surface area contributed by atoms with E-state index >= 15 is 0 Å². The number of urea groups is 1. The van der Waals surface area contributed by atoms with Crippen molar-refractivity contribution in [2.75, 3.05) is 49.9 Å². The van der Waals surface area contributed by atoms with Gasteiger partial charge in [0.2, 0.25) is 0 Å². The Morgan fingerprint density at radius 2 is 1.55 bits per heavy atom. The zero-order valence-corrected chi connectivity index (χ0v) is 24.8. The Hall–Kier alpha value is -4.71. The number of hydrogen-bond donors (Lipinski definition) is 3. The van der Waals surface area contributed by atoms with Crippen LogP contribution >= 0.6 is 0 Å². The van der Waals surface area contributed by atoms with Crippen LogP contribution in [-0.4, -0.2) is 51.4 Å². The van der Waals surface area contributed by atoms with E-state index in [4.69, 9.17) is 14.2 Å². The molecule has 0 spiro atoms. The molecule has 0 bridgehead atoms. The molecular formula is C32H34F3N5O4. The molecule has 1 aliphatic rings. The van der Waals surface area contributed by atoms with Gasteiger partial charge in [-0.15, -0.1) is 0 Å². The van der Waals surface area contributed by atoms with Crippen LogP contribution in [0.15, 0.2) is 60.8 Å². The second-order valence-electron chi connectivity index (χ2n) is 10.5. The number of alkyl halides is 3. The van der Waals surface area contributed by atoms with Gasteiger partial charge in [0.05, 0.1) is 25.3 Å². The Morgan fingerprint density at radius 3 is 2.20 bits per heavy atom. The summed E-state index contributed by atoms with van der Waals surface area (Å²) in [4.78, 5) is 19.0. The lowest BCUT2D eigenvalue weighted by Gasteiger charge is -2.35. The minimum absolute atomic E-state index is 0.0277. The average Bonchev–Trinajstić information content (AvgIpc) is 3.01. The van der Waals surface area contributed by atoms with Gasteiger partial charge in [-0.25, -0.2) is 4.79 Å². The van der Waals surface area contributed by atoms with Crippen molar-refractivity contribution in [1.82, 2.24) is 10.3 Å². The second-order valence-corrected chi connectivity index (χ2v) is 10.5. The van der Waals surface area contributed by atoms with E-state index in [0.29, 0.717) is 52.7 Å². The van der Waals surface area contributed by atoms with Gasteiger partial charge in [-0.1, -0.05) is 6.07 Å². The fourth-order valence-electron chi connectivity index (χ4n) is 5.26. The highest BCUT2D eigenvalue weighted by Gasteiger charge is 2.36.